The van der Waals surface area contributed by atoms with Gasteiger partial charge in [-0.15, -0.1) is 0 Å². The van der Waals surface area contributed by atoms with Gasteiger partial charge in [0.25, 0.3) is 0 Å². The molecule has 0 saturated heterocycles. The van der Waals surface area contributed by atoms with Crippen LogP contribution in [0.15, 0.2) is 89.8 Å². The van der Waals surface area contributed by atoms with E-state index in [1.807, 2.05) is 67.6 Å². The molecule has 3 aromatic rings. The van der Waals surface area contributed by atoms with Gasteiger partial charge in [-0.05, 0) is 61.6 Å². The monoisotopic (exact) mass is 470 g/mol. The van der Waals surface area contributed by atoms with Crippen molar-refractivity contribution in [3.05, 3.63) is 101 Å². The highest BCUT2D eigenvalue weighted by Gasteiger charge is 2.27. The molecule has 1 amide bonds. The van der Waals surface area contributed by atoms with Crippen LogP contribution in [0.25, 0.3) is 0 Å². The normalized spacial score (nSPS) is 13.3. The van der Waals surface area contributed by atoms with Gasteiger partial charge in [-0.2, -0.15) is 4.72 Å². The molecule has 0 spiro atoms. The molecule has 0 aliphatic heterocycles. The Hall–Kier alpha value is -2.67. The van der Waals surface area contributed by atoms with Gasteiger partial charge < -0.3 is 5.32 Å². The van der Waals surface area contributed by atoms with E-state index in [9.17, 15) is 13.2 Å². The quantitative estimate of drug-likeness (QED) is 0.462. The molecule has 2 N–H and O–H groups in total. The summed E-state index contributed by atoms with van der Waals surface area (Å²) < 4.78 is 28.4. The first-order valence-electron chi connectivity index (χ1n) is 10.5. The first kappa shape index (κ1) is 24.0. The van der Waals surface area contributed by atoms with Crippen LogP contribution in [0.3, 0.4) is 0 Å². The van der Waals surface area contributed by atoms with Gasteiger partial charge in [0.1, 0.15) is 6.04 Å². The van der Waals surface area contributed by atoms with Crippen molar-refractivity contribution >= 4 is 27.5 Å². The number of aryl methyl sites for hydroxylation is 1. The van der Waals surface area contributed by atoms with Crippen LogP contribution in [0.5, 0.6) is 0 Å². The van der Waals surface area contributed by atoms with Gasteiger partial charge in [-0.3, -0.25) is 4.79 Å². The van der Waals surface area contributed by atoms with Crippen LogP contribution in [0.1, 0.15) is 24.5 Å². The third-order valence-corrected chi connectivity index (χ3v) is 6.86. The number of rotatable bonds is 10. The summed E-state index contributed by atoms with van der Waals surface area (Å²) in [5, 5.41) is 3.41. The largest absolute Gasteiger partial charge is 0.352 e. The molecule has 168 valence electrons. The summed E-state index contributed by atoms with van der Waals surface area (Å²) in [6.45, 7) is 1.92. The second-order valence-corrected chi connectivity index (χ2v) is 9.90. The fraction of sp³-hybridized carbons (Fsp3) is 0.240. The van der Waals surface area contributed by atoms with Crippen LogP contribution < -0.4 is 10.0 Å². The van der Waals surface area contributed by atoms with E-state index in [-0.39, 0.29) is 23.3 Å². The zero-order chi connectivity index (χ0) is 23.0. The number of benzene rings is 3. The van der Waals surface area contributed by atoms with Crippen molar-refractivity contribution in [3.8, 4) is 0 Å². The van der Waals surface area contributed by atoms with E-state index in [1.165, 1.54) is 29.8 Å². The van der Waals surface area contributed by atoms with Crippen LogP contribution in [0.2, 0.25) is 5.02 Å². The lowest BCUT2D eigenvalue weighted by molar-refractivity contribution is -0.123. The Morgan fingerprint density at radius 1 is 0.875 bits per heavy atom. The molecule has 5 nitrogen and oxygen atoms in total. The third-order valence-electron chi connectivity index (χ3n) is 5.12. The summed E-state index contributed by atoms with van der Waals surface area (Å²) >= 11 is 5.88. The molecule has 3 aromatic carbocycles. The molecule has 0 unspecified atom stereocenters. The Labute approximate surface area is 194 Å². The van der Waals surface area contributed by atoms with Gasteiger partial charge in [0, 0.05) is 11.1 Å². The van der Waals surface area contributed by atoms with Gasteiger partial charge in [0.15, 0.2) is 0 Å². The average Bonchev–Trinajstić information content (AvgIpc) is 2.79. The van der Waals surface area contributed by atoms with E-state index < -0.39 is 16.1 Å². The highest BCUT2D eigenvalue weighted by atomic mass is 35.5. The smallest absolute Gasteiger partial charge is 0.241 e. The lowest BCUT2D eigenvalue weighted by atomic mass is 10.0. The number of carbonyl (C=O) groups is 1. The SMILES string of the molecule is C[C@@H](CCc1ccccc1)NC(=O)[C@@H](Cc1ccccc1)NS(=O)(=O)c1ccc(Cl)cc1. The number of hydrogen-bond donors (Lipinski definition) is 2. The van der Waals surface area contributed by atoms with Gasteiger partial charge in [0.05, 0.1) is 4.90 Å². The zero-order valence-electron chi connectivity index (χ0n) is 17.9. The molecule has 0 heterocycles. The van der Waals surface area contributed by atoms with Crippen LogP contribution in [0, 0.1) is 0 Å². The molecule has 0 fully saturated rings. The van der Waals surface area contributed by atoms with Crippen molar-refractivity contribution in [1.82, 2.24) is 10.0 Å². The lowest BCUT2D eigenvalue weighted by Gasteiger charge is -2.22. The highest BCUT2D eigenvalue weighted by molar-refractivity contribution is 7.89. The number of sulfonamides is 1. The molecule has 0 aliphatic rings. The molecule has 7 heteroatoms. The summed E-state index contributed by atoms with van der Waals surface area (Å²) in [5.41, 5.74) is 2.06. The van der Waals surface area contributed by atoms with Crippen LogP contribution >= 0.6 is 11.6 Å². The highest BCUT2D eigenvalue weighted by Crippen LogP contribution is 2.15. The first-order chi connectivity index (χ1) is 15.3. The van der Waals surface area contributed by atoms with E-state index >= 15 is 0 Å². The molecule has 0 aliphatic carbocycles. The lowest BCUT2D eigenvalue weighted by Crippen LogP contribution is -2.50. The third kappa shape index (κ3) is 7.19. The van der Waals surface area contributed by atoms with Gasteiger partial charge in [-0.1, -0.05) is 72.3 Å². The van der Waals surface area contributed by atoms with Crippen LogP contribution in [0.4, 0.5) is 0 Å². The fourth-order valence-electron chi connectivity index (χ4n) is 3.35. The predicted octanol–water partition coefficient (Wildman–Crippen LogP) is 4.37. The van der Waals surface area contributed by atoms with E-state index in [0.29, 0.717) is 5.02 Å². The van der Waals surface area contributed by atoms with Gasteiger partial charge in [-0.25, -0.2) is 8.42 Å². The minimum absolute atomic E-state index is 0.0601. The van der Waals surface area contributed by atoms with Crippen molar-refractivity contribution in [2.45, 2.75) is 43.2 Å². The number of nitrogens with one attached hydrogen (secondary N) is 2. The number of amides is 1. The molecule has 0 radical (unpaired) electrons. The van der Waals surface area contributed by atoms with Crippen molar-refractivity contribution in [2.24, 2.45) is 0 Å². The molecule has 0 aromatic heterocycles. The molecule has 0 bridgehead atoms. The van der Waals surface area contributed by atoms with Crippen molar-refractivity contribution < 1.29 is 13.2 Å². The van der Waals surface area contributed by atoms with E-state index in [2.05, 4.69) is 10.0 Å². The standard InChI is InChI=1S/C25H27ClN2O3S/c1-19(12-13-20-8-4-2-5-9-20)27-25(29)24(18-21-10-6-3-7-11-21)28-32(30,31)23-16-14-22(26)15-17-23/h2-11,14-17,19,24,28H,12-13,18H2,1H3,(H,27,29)/t19-,24+/m0/s1. The zero-order valence-corrected chi connectivity index (χ0v) is 19.4. The second kappa shape index (κ2) is 11.3. The summed E-state index contributed by atoms with van der Waals surface area (Å²) in [5.74, 6) is -0.355. The fourth-order valence-corrected chi connectivity index (χ4v) is 4.67. The Kier molecular flexibility index (Phi) is 8.45. The summed E-state index contributed by atoms with van der Waals surface area (Å²) in [4.78, 5) is 13.1. The summed E-state index contributed by atoms with van der Waals surface area (Å²) in [6.07, 6.45) is 1.81. The maximum absolute atomic E-state index is 13.1. The Bertz CT molecular complexity index is 1100. The predicted molar refractivity (Wildman–Crippen MR) is 128 cm³/mol. The number of hydrogen-bond acceptors (Lipinski definition) is 3. The van der Waals surface area contributed by atoms with E-state index in [0.717, 1.165) is 18.4 Å². The minimum Gasteiger partial charge on any atom is -0.352 e. The second-order valence-electron chi connectivity index (χ2n) is 7.75. The minimum atomic E-state index is -3.90. The number of carbonyl (C=O) groups excluding carboxylic acids is 1. The van der Waals surface area contributed by atoms with Crippen LogP contribution in [-0.2, 0) is 27.7 Å². The molecule has 32 heavy (non-hydrogen) atoms. The van der Waals surface area contributed by atoms with Crippen LogP contribution in [-0.4, -0.2) is 26.4 Å². The molecular formula is C25H27ClN2O3S. The van der Waals surface area contributed by atoms with Gasteiger partial charge >= 0.3 is 0 Å². The molecular weight excluding hydrogens is 444 g/mol. The average molecular weight is 471 g/mol. The Balaban J connectivity index is 1.71. The maximum atomic E-state index is 13.1. The topological polar surface area (TPSA) is 75.3 Å². The molecule has 2 atom stereocenters. The maximum Gasteiger partial charge on any atom is 0.241 e. The van der Waals surface area contributed by atoms with Crippen molar-refractivity contribution in [1.29, 1.82) is 0 Å². The number of halogens is 1. The summed E-state index contributed by atoms with van der Waals surface area (Å²) in [6, 6.07) is 24.2. The Morgan fingerprint density at radius 3 is 2.03 bits per heavy atom. The van der Waals surface area contributed by atoms with Gasteiger partial charge in [0.2, 0.25) is 15.9 Å². The Morgan fingerprint density at radius 2 is 1.44 bits per heavy atom. The van der Waals surface area contributed by atoms with E-state index in [1.54, 1.807) is 0 Å². The molecule has 0 saturated carbocycles. The summed E-state index contributed by atoms with van der Waals surface area (Å²) in [7, 11) is -3.90. The molecule has 3 rings (SSSR count). The van der Waals surface area contributed by atoms with Crippen molar-refractivity contribution in [2.75, 3.05) is 0 Å². The first-order valence-corrected chi connectivity index (χ1v) is 12.4. The van der Waals surface area contributed by atoms with Crippen molar-refractivity contribution in [3.63, 3.8) is 0 Å². The van der Waals surface area contributed by atoms with E-state index in [4.69, 9.17) is 11.6 Å².